The highest BCUT2D eigenvalue weighted by Crippen LogP contribution is 2.44. The lowest BCUT2D eigenvalue weighted by Crippen LogP contribution is -2.52. The molecule has 1 saturated heterocycles. The summed E-state index contributed by atoms with van der Waals surface area (Å²) in [6.45, 7) is 8.55. The molecule has 7 nitrogen and oxygen atoms in total. The minimum atomic E-state index is -1.13. The van der Waals surface area contributed by atoms with E-state index >= 15 is 0 Å². The van der Waals surface area contributed by atoms with Crippen LogP contribution in [0.3, 0.4) is 0 Å². The monoisotopic (exact) mass is 488 g/mol. The van der Waals surface area contributed by atoms with Gasteiger partial charge in [0.05, 0.1) is 19.3 Å². The molecule has 0 aliphatic carbocycles. The minimum absolute atomic E-state index is 0.119. The zero-order chi connectivity index (χ0) is 21.6. The molecule has 2 aliphatic rings. The van der Waals surface area contributed by atoms with Crippen molar-refractivity contribution in [1.29, 1.82) is 0 Å². The van der Waals surface area contributed by atoms with E-state index < -0.39 is 23.2 Å². The van der Waals surface area contributed by atoms with Crippen molar-refractivity contribution in [3.8, 4) is 5.75 Å². The predicted molar refractivity (Wildman–Crippen MR) is 114 cm³/mol. The van der Waals surface area contributed by atoms with Gasteiger partial charge in [-0.05, 0) is 49.7 Å². The van der Waals surface area contributed by atoms with Gasteiger partial charge in [0.2, 0.25) is 0 Å². The first-order valence-electron chi connectivity index (χ1n) is 9.44. The zero-order valence-electron chi connectivity index (χ0n) is 17.3. The highest BCUT2D eigenvalue weighted by molar-refractivity contribution is 9.10. The average Bonchev–Trinajstić information content (AvgIpc) is 2.97. The molecule has 0 radical (unpaired) electrons. The van der Waals surface area contributed by atoms with Crippen LogP contribution in [0.25, 0.3) is 0 Å². The fourth-order valence-electron chi connectivity index (χ4n) is 3.92. The molecule has 0 bridgehead atoms. The number of benzene rings is 1. The maximum atomic E-state index is 12.9. The lowest BCUT2D eigenvalue weighted by Gasteiger charge is -2.36. The number of methoxy groups -OCH3 is 1. The molecular formula is C20H26BrClN2O5. The number of hydrogen-bond acceptors (Lipinski definition) is 6. The minimum Gasteiger partial charge on any atom is -0.489 e. The third kappa shape index (κ3) is 4.28. The Balaban J connectivity index is 1.95. The second kappa shape index (κ2) is 7.87. The Bertz CT molecular complexity index is 828. The van der Waals surface area contributed by atoms with Crippen LogP contribution in [0.4, 0.5) is 10.5 Å². The molecule has 2 atom stereocenters. The average molecular weight is 490 g/mol. The smallest absolute Gasteiger partial charge is 0.411 e. The summed E-state index contributed by atoms with van der Waals surface area (Å²) in [5.74, 6) is 0.209. The van der Waals surface area contributed by atoms with Crippen LogP contribution in [0, 0.1) is 0 Å². The summed E-state index contributed by atoms with van der Waals surface area (Å²) in [7, 11) is 1.33. The SMILES string of the molecule is COC(=O)C1(C)CC(N2CCOc3cc(Cl)cc(Br)c32)CN1C(=O)OC(C)(C)C. The third-order valence-electron chi connectivity index (χ3n) is 5.17. The number of anilines is 1. The van der Waals surface area contributed by atoms with Gasteiger partial charge < -0.3 is 19.1 Å². The van der Waals surface area contributed by atoms with Crippen LogP contribution in [-0.4, -0.2) is 61.0 Å². The molecule has 1 amide bonds. The second-order valence-corrected chi connectivity index (χ2v) is 9.78. The van der Waals surface area contributed by atoms with Crippen LogP contribution in [0.1, 0.15) is 34.1 Å². The van der Waals surface area contributed by atoms with Crippen molar-refractivity contribution < 1.29 is 23.8 Å². The Morgan fingerprint density at radius 1 is 1.34 bits per heavy atom. The van der Waals surface area contributed by atoms with E-state index in [4.69, 9.17) is 25.8 Å². The third-order valence-corrected chi connectivity index (χ3v) is 5.99. The molecule has 2 aliphatic heterocycles. The van der Waals surface area contributed by atoms with E-state index in [-0.39, 0.29) is 6.04 Å². The summed E-state index contributed by atoms with van der Waals surface area (Å²) in [6, 6.07) is 3.46. The number of nitrogens with zero attached hydrogens (tertiary/aromatic N) is 2. The van der Waals surface area contributed by atoms with Crippen molar-refractivity contribution in [3.05, 3.63) is 21.6 Å². The number of hydrogen-bond donors (Lipinski definition) is 0. The quantitative estimate of drug-likeness (QED) is 0.579. The number of fused-ring (bicyclic) bond motifs is 1. The number of rotatable bonds is 2. The van der Waals surface area contributed by atoms with E-state index in [1.54, 1.807) is 33.8 Å². The molecule has 0 N–H and O–H groups in total. The summed E-state index contributed by atoms with van der Waals surface area (Å²) in [5, 5.41) is 0.568. The number of esters is 1. The molecule has 160 valence electrons. The van der Waals surface area contributed by atoms with Crippen LogP contribution in [0.15, 0.2) is 16.6 Å². The number of halogens is 2. The van der Waals surface area contributed by atoms with Crippen molar-refractivity contribution in [1.82, 2.24) is 4.90 Å². The van der Waals surface area contributed by atoms with Crippen molar-refractivity contribution in [2.24, 2.45) is 0 Å². The lowest BCUT2D eigenvalue weighted by molar-refractivity contribution is -0.152. The Kier molecular flexibility index (Phi) is 5.98. The molecule has 29 heavy (non-hydrogen) atoms. The fourth-order valence-corrected chi connectivity index (χ4v) is 4.93. The van der Waals surface area contributed by atoms with Crippen molar-refractivity contribution in [2.45, 2.75) is 51.3 Å². The van der Waals surface area contributed by atoms with E-state index in [9.17, 15) is 9.59 Å². The maximum Gasteiger partial charge on any atom is 0.411 e. The molecule has 0 saturated carbocycles. The first-order valence-corrected chi connectivity index (χ1v) is 10.6. The molecule has 1 fully saturated rings. The van der Waals surface area contributed by atoms with E-state index in [0.29, 0.717) is 36.9 Å². The Labute approximate surface area is 184 Å². The molecule has 9 heteroatoms. The summed E-state index contributed by atoms with van der Waals surface area (Å²) < 4.78 is 17.2. The Morgan fingerprint density at radius 3 is 2.66 bits per heavy atom. The first-order chi connectivity index (χ1) is 13.5. The van der Waals surface area contributed by atoms with Gasteiger partial charge in [-0.1, -0.05) is 11.6 Å². The van der Waals surface area contributed by atoms with Crippen LogP contribution in [0.5, 0.6) is 5.75 Å². The highest BCUT2D eigenvalue weighted by atomic mass is 79.9. The van der Waals surface area contributed by atoms with Gasteiger partial charge >= 0.3 is 12.1 Å². The highest BCUT2D eigenvalue weighted by Gasteiger charge is 2.54. The van der Waals surface area contributed by atoms with Gasteiger partial charge in [-0.2, -0.15) is 0 Å². The molecule has 0 aromatic heterocycles. The maximum absolute atomic E-state index is 12.9. The van der Waals surface area contributed by atoms with E-state index in [1.807, 2.05) is 6.07 Å². The van der Waals surface area contributed by atoms with Crippen molar-refractivity contribution in [2.75, 3.05) is 31.7 Å². The molecule has 2 heterocycles. The largest absolute Gasteiger partial charge is 0.489 e. The normalized spacial score (nSPS) is 24.0. The van der Waals surface area contributed by atoms with Gasteiger partial charge in [0.15, 0.2) is 0 Å². The molecule has 0 spiro atoms. The van der Waals surface area contributed by atoms with Crippen LogP contribution < -0.4 is 9.64 Å². The first kappa shape index (κ1) is 22.0. The topological polar surface area (TPSA) is 68.3 Å². The van der Waals surface area contributed by atoms with Crippen LogP contribution in [0.2, 0.25) is 5.02 Å². The number of carbonyl (C=O) groups excluding carboxylic acids is 2. The van der Waals surface area contributed by atoms with E-state index in [0.717, 1.165) is 10.2 Å². The molecule has 2 unspecified atom stereocenters. The van der Waals surface area contributed by atoms with Gasteiger partial charge in [-0.3, -0.25) is 4.90 Å². The molecule has 1 aromatic rings. The van der Waals surface area contributed by atoms with Crippen LogP contribution >= 0.6 is 27.5 Å². The predicted octanol–water partition coefficient (Wildman–Crippen LogP) is 4.24. The van der Waals surface area contributed by atoms with Crippen LogP contribution in [-0.2, 0) is 14.3 Å². The lowest BCUT2D eigenvalue weighted by atomic mass is 9.96. The summed E-state index contributed by atoms with van der Waals surface area (Å²) in [6.07, 6.45) is -0.121. The van der Waals surface area contributed by atoms with E-state index in [1.165, 1.54) is 12.0 Å². The van der Waals surface area contributed by atoms with Gasteiger partial charge in [-0.15, -0.1) is 0 Å². The standard InChI is InChI=1S/C20H26BrClN2O5/c1-19(2,3)29-18(26)24-11-13(10-20(24,4)17(25)27-5)23-6-7-28-15-9-12(22)8-14(21)16(15)23/h8-9,13H,6-7,10-11H2,1-5H3. The number of amides is 1. The second-order valence-electron chi connectivity index (χ2n) is 8.49. The zero-order valence-corrected chi connectivity index (χ0v) is 19.6. The number of ether oxygens (including phenoxy) is 3. The van der Waals surface area contributed by atoms with Crippen molar-refractivity contribution >= 4 is 45.3 Å². The summed E-state index contributed by atoms with van der Waals surface area (Å²) in [4.78, 5) is 29.2. The van der Waals surface area contributed by atoms with Gasteiger partial charge in [0, 0.05) is 34.6 Å². The van der Waals surface area contributed by atoms with Gasteiger partial charge in [-0.25, -0.2) is 9.59 Å². The Morgan fingerprint density at radius 2 is 2.03 bits per heavy atom. The molecule has 3 rings (SSSR count). The molecular weight excluding hydrogens is 464 g/mol. The Hall–Kier alpha value is -1.67. The van der Waals surface area contributed by atoms with Gasteiger partial charge in [0.25, 0.3) is 0 Å². The summed E-state index contributed by atoms with van der Waals surface area (Å²) in [5.41, 5.74) is -0.930. The fraction of sp³-hybridized carbons (Fsp3) is 0.600. The van der Waals surface area contributed by atoms with Gasteiger partial charge in [0.1, 0.15) is 23.5 Å². The van der Waals surface area contributed by atoms with Crippen molar-refractivity contribution in [3.63, 3.8) is 0 Å². The summed E-state index contributed by atoms with van der Waals surface area (Å²) >= 11 is 9.73. The van der Waals surface area contributed by atoms with E-state index in [2.05, 4.69) is 20.8 Å². The molecule has 1 aromatic carbocycles. The number of likely N-dealkylation sites (tertiary alicyclic amines) is 1. The number of carbonyl (C=O) groups is 2.